The van der Waals surface area contributed by atoms with E-state index < -0.39 is 5.82 Å². The maximum Gasteiger partial charge on any atom is 0.196 e. The number of rotatable bonds is 5. The van der Waals surface area contributed by atoms with Crippen molar-refractivity contribution in [1.29, 1.82) is 0 Å². The van der Waals surface area contributed by atoms with Gasteiger partial charge in [-0.1, -0.05) is 0 Å². The largest absolute Gasteiger partial charge is 0.294 e. The molecule has 136 valence electrons. The second-order valence-corrected chi connectivity index (χ2v) is 5.97. The predicted octanol–water partition coefficient (Wildman–Crippen LogP) is 2.61. The van der Waals surface area contributed by atoms with Gasteiger partial charge >= 0.3 is 0 Å². The molecular formula is C20H12FN5O2. The predicted molar refractivity (Wildman–Crippen MR) is 97.2 cm³/mol. The quantitative estimate of drug-likeness (QED) is 0.496. The first-order valence-electron chi connectivity index (χ1n) is 8.30. The van der Waals surface area contributed by atoms with E-state index in [9.17, 15) is 14.0 Å². The van der Waals surface area contributed by atoms with Gasteiger partial charge < -0.3 is 0 Å². The van der Waals surface area contributed by atoms with Gasteiger partial charge in [-0.15, -0.1) is 0 Å². The average molecular weight is 373 g/mol. The van der Waals surface area contributed by atoms with Crippen LogP contribution in [0.5, 0.6) is 0 Å². The second-order valence-electron chi connectivity index (χ2n) is 5.97. The molecule has 1 aromatic carbocycles. The standard InChI is InChI=1S/C20H12FN5O2/c21-14-1-2-15(26-10-14)7-18(27)16-5-12(6-17-19(16)25-4-3-24-17)20(28)13-8-22-11-23-9-13/h1-6,8-11H,7H2. The Morgan fingerprint density at radius 3 is 2.43 bits per heavy atom. The fourth-order valence-electron chi connectivity index (χ4n) is 2.77. The van der Waals surface area contributed by atoms with Crippen LogP contribution in [0.1, 0.15) is 32.0 Å². The summed E-state index contributed by atoms with van der Waals surface area (Å²) in [6.45, 7) is 0. The molecule has 0 bridgehead atoms. The number of hydrogen-bond donors (Lipinski definition) is 0. The number of carbonyl (C=O) groups is 2. The van der Waals surface area contributed by atoms with E-state index in [1.807, 2.05) is 0 Å². The number of nitrogens with zero attached hydrogens (tertiary/aromatic N) is 5. The van der Waals surface area contributed by atoms with Crippen LogP contribution >= 0.6 is 0 Å². The number of halogens is 1. The van der Waals surface area contributed by atoms with Gasteiger partial charge in [0, 0.05) is 41.6 Å². The van der Waals surface area contributed by atoms with Gasteiger partial charge in [-0.05, 0) is 24.3 Å². The van der Waals surface area contributed by atoms with Crippen molar-refractivity contribution >= 4 is 22.6 Å². The highest BCUT2D eigenvalue weighted by atomic mass is 19.1. The molecule has 0 atom stereocenters. The summed E-state index contributed by atoms with van der Waals surface area (Å²) in [6, 6.07) is 5.74. The second kappa shape index (κ2) is 7.36. The molecule has 0 unspecified atom stereocenters. The molecule has 3 heterocycles. The first kappa shape index (κ1) is 17.5. The van der Waals surface area contributed by atoms with Crippen LogP contribution < -0.4 is 0 Å². The molecule has 0 spiro atoms. The summed E-state index contributed by atoms with van der Waals surface area (Å²) in [6.07, 6.45) is 8.08. The molecule has 8 heteroatoms. The zero-order valence-corrected chi connectivity index (χ0v) is 14.4. The first-order valence-corrected chi connectivity index (χ1v) is 8.30. The molecule has 0 aliphatic heterocycles. The molecule has 3 aromatic heterocycles. The number of benzene rings is 1. The van der Waals surface area contributed by atoms with Crippen LogP contribution in [-0.4, -0.2) is 36.5 Å². The number of carbonyl (C=O) groups excluding carboxylic acids is 2. The van der Waals surface area contributed by atoms with Crippen molar-refractivity contribution in [3.8, 4) is 0 Å². The summed E-state index contributed by atoms with van der Waals surface area (Å²) < 4.78 is 13.0. The zero-order chi connectivity index (χ0) is 19.5. The molecule has 0 aliphatic carbocycles. The molecule has 0 fully saturated rings. The zero-order valence-electron chi connectivity index (χ0n) is 14.4. The van der Waals surface area contributed by atoms with E-state index >= 15 is 0 Å². The molecule has 0 N–H and O–H groups in total. The Hall–Kier alpha value is -3.94. The fraction of sp³-hybridized carbons (Fsp3) is 0.0500. The third-order valence-corrected chi connectivity index (χ3v) is 4.09. The van der Waals surface area contributed by atoms with Crippen LogP contribution in [-0.2, 0) is 6.42 Å². The molecule has 0 amide bonds. The highest BCUT2D eigenvalue weighted by molar-refractivity contribution is 6.14. The third kappa shape index (κ3) is 3.48. The monoisotopic (exact) mass is 373 g/mol. The Bertz CT molecular complexity index is 1180. The van der Waals surface area contributed by atoms with E-state index in [1.165, 1.54) is 49.3 Å². The number of Topliss-reactive ketones (excluding diaryl/α,β-unsaturated/α-hetero) is 1. The van der Waals surface area contributed by atoms with Crippen LogP contribution in [0.25, 0.3) is 11.0 Å². The average Bonchev–Trinajstić information content (AvgIpc) is 2.74. The number of pyridine rings is 1. The van der Waals surface area contributed by atoms with E-state index in [1.54, 1.807) is 6.07 Å². The molecule has 0 saturated heterocycles. The van der Waals surface area contributed by atoms with Gasteiger partial charge in [0.05, 0.1) is 29.2 Å². The van der Waals surface area contributed by atoms with Crippen molar-refractivity contribution in [2.75, 3.05) is 0 Å². The minimum absolute atomic E-state index is 0.0575. The lowest BCUT2D eigenvalue weighted by Crippen LogP contribution is -2.10. The Morgan fingerprint density at radius 2 is 1.68 bits per heavy atom. The molecular weight excluding hydrogens is 361 g/mol. The highest BCUT2D eigenvalue weighted by Gasteiger charge is 2.19. The summed E-state index contributed by atoms with van der Waals surface area (Å²) in [5, 5.41) is 0. The van der Waals surface area contributed by atoms with Crippen molar-refractivity contribution in [1.82, 2.24) is 24.9 Å². The van der Waals surface area contributed by atoms with Crippen molar-refractivity contribution in [2.45, 2.75) is 6.42 Å². The van der Waals surface area contributed by atoms with Crippen LogP contribution in [0.2, 0.25) is 0 Å². The number of aromatic nitrogens is 5. The lowest BCUT2D eigenvalue weighted by Gasteiger charge is -2.08. The number of ketones is 2. The Morgan fingerprint density at radius 1 is 0.893 bits per heavy atom. The molecule has 0 aliphatic rings. The maximum atomic E-state index is 13.0. The van der Waals surface area contributed by atoms with E-state index in [4.69, 9.17) is 0 Å². The smallest absolute Gasteiger partial charge is 0.196 e. The van der Waals surface area contributed by atoms with Crippen molar-refractivity contribution in [2.24, 2.45) is 0 Å². The van der Waals surface area contributed by atoms with E-state index in [0.717, 1.165) is 6.20 Å². The molecule has 0 radical (unpaired) electrons. The van der Waals surface area contributed by atoms with Gasteiger partial charge in [0.25, 0.3) is 0 Å². The lowest BCUT2D eigenvalue weighted by molar-refractivity contribution is 0.0993. The topological polar surface area (TPSA) is 98.6 Å². The van der Waals surface area contributed by atoms with Gasteiger partial charge in [0.2, 0.25) is 0 Å². The van der Waals surface area contributed by atoms with Crippen LogP contribution in [0.3, 0.4) is 0 Å². The molecule has 28 heavy (non-hydrogen) atoms. The van der Waals surface area contributed by atoms with E-state index in [-0.39, 0.29) is 29.1 Å². The Balaban J connectivity index is 1.77. The Labute approximate surface area is 158 Å². The first-order chi connectivity index (χ1) is 13.6. The van der Waals surface area contributed by atoms with Crippen LogP contribution in [0, 0.1) is 5.82 Å². The normalized spacial score (nSPS) is 10.8. The molecule has 7 nitrogen and oxygen atoms in total. The van der Waals surface area contributed by atoms with E-state index in [0.29, 0.717) is 22.3 Å². The summed E-state index contributed by atoms with van der Waals surface area (Å²) in [5.41, 5.74) is 2.03. The van der Waals surface area contributed by atoms with Gasteiger partial charge in [-0.25, -0.2) is 14.4 Å². The van der Waals surface area contributed by atoms with Crippen molar-refractivity contribution < 1.29 is 14.0 Å². The molecule has 4 rings (SSSR count). The Kier molecular flexibility index (Phi) is 4.59. The fourth-order valence-corrected chi connectivity index (χ4v) is 2.77. The minimum Gasteiger partial charge on any atom is -0.294 e. The maximum absolute atomic E-state index is 13.0. The molecule has 4 aromatic rings. The van der Waals surface area contributed by atoms with Gasteiger partial charge in [0.15, 0.2) is 11.6 Å². The molecule has 0 saturated carbocycles. The van der Waals surface area contributed by atoms with Crippen LogP contribution in [0.15, 0.2) is 61.6 Å². The highest BCUT2D eigenvalue weighted by Crippen LogP contribution is 2.21. The van der Waals surface area contributed by atoms with Crippen molar-refractivity contribution in [3.05, 3.63) is 89.8 Å². The van der Waals surface area contributed by atoms with E-state index in [2.05, 4.69) is 24.9 Å². The van der Waals surface area contributed by atoms with Crippen molar-refractivity contribution in [3.63, 3.8) is 0 Å². The van der Waals surface area contributed by atoms with Gasteiger partial charge in [-0.2, -0.15) is 0 Å². The minimum atomic E-state index is -0.481. The third-order valence-electron chi connectivity index (χ3n) is 4.09. The summed E-state index contributed by atoms with van der Waals surface area (Å²) >= 11 is 0. The number of hydrogen-bond acceptors (Lipinski definition) is 7. The summed E-state index contributed by atoms with van der Waals surface area (Å²) in [4.78, 5) is 45.7. The van der Waals surface area contributed by atoms with Crippen LogP contribution in [0.4, 0.5) is 4.39 Å². The SMILES string of the molecule is O=C(c1cncnc1)c1cc(C(=O)Cc2ccc(F)cn2)c2nccnc2c1. The van der Waals surface area contributed by atoms with Gasteiger partial charge in [0.1, 0.15) is 12.1 Å². The van der Waals surface area contributed by atoms with Gasteiger partial charge in [-0.3, -0.25) is 24.5 Å². The summed E-state index contributed by atoms with van der Waals surface area (Å²) in [7, 11) is 0. The number of fused-ring (bicyclic) bond motifs is 1. The summed E-state index contributed by atoms with van der Waals surface area (Å²) in [5.74, 6) is -1.11. The lowest BCUT2D eigenvalue weighted by atomic mass is 9.97.